The summed E-state index contributed by atoms with van der Waals surface area (Å²) in [5.41, 5.74) is 0. The molecule has 1 aliphatic carbocycles. The van der Waals surface area contributed by atoms with E-state index in [9.17, 15) is 8.78 Å². The summed E-state index contributed by atoms with van der Waals surface area (Å²) in [6.07, 6.45) is 0.533. The molecule has 0 amide bonds. The Morgan fingerprint density at radius 2 is 2.27 bits per heavy atom. The van der Waals surface area contributed by atoms with Crippen LogP contribution in [0.5, 0.6) is 0 Å². The minimum absolute atomic E-state index is 0.00199. The average molecular weight is 164 g/mol. The summed E-state index contributed by atoms with van der Waals surface area (Å²) in [5.74, 6) is -2.41. The van der Waals surface area contributed by atoms with Crippen molar-refractivity contribution in [2.75, 3.05) is 6.61 Å². The number of hydrogen-bond donors (Lipinski definition) is 1. The summed E-state index contributed by atoms with van der Waals surface area (Å²) >= 11 is 0. The van der Waals surface area contributed by atoms with Gasteiger partial charge < -0.3 is 5.11 Å². The number of aliphatic hydroxyl groups excluding tert-OH is 1. The first-order valence-electron chi connectivity index (χ1n) is 4.04. The molecule has 1 nitrogen and oxygen atoms in total. The maximum atomic E-state index is 12.6. The number of aliphatic hydroxyl groups is 1. The molecule has 0 aromatic carbocycles. The molecule has 11 heavy (non-hydrogen) atoms. The molecule has 1 saturated carbocycles. The SMILES string of the molecule is C[C@@H](CO)C1CCC(F)(F)C1. The third-order valence-electron chi connectivity index (χ3n) is 2.53. The highest BCUT2D eigenvalue weighted by atomic mass is 19.3. The highest BCUT2D eigenvalue weighted by Gasteiger charge is 2.40. The minimum Gasteiger partial charge on any atom is -0.396 e. The van der Waals surface area contributed by atoms with Gasteiger partial charge in [-0.3, -0.25) is 0 Å². The number of hydrogen-bond acceptors (Lipinski definition) is 1. The van der Waals surface area contributed by atoms with E-state index < -0.39 is 5.92 Å². The molecule has 1 N–H and O–H groups in total. The van der Waals surface area contributed by atoms with Gasteiger partial charge in [-0.05, 0) is 18.3 Å². The first-order valence-corrected chi connectivity index (χ1v) is 4.04. The molecule has 66 valence electrons. The second kappa shape index (κ2) is 3.05. The van der Waals surface area contributed by atoms with Gasteiger partial charge in [0.25, 0.3) is 0 Å². The average Bonchev–Trinajstić information content (AvgIpc) is 2.29. The van der Waals surface area contributed by atoms with Crippen LogP contribution in [0.4, 0.5) is 8.78 Å². The van der Waals surface area contributed by atoms with Gasteiger partial charge >= 0.3 is 0 Å². The Morgan fingerprint density at radius 3 is 2.64 bits per heavy atom. The largest absolute Gasteiger partial charge is 0.396 e. The first-order chi connectivity index (χ1) is 5.05. The topological polar surface area (TPSA) is 20.2 Å². The van der Waals surface area contributed by atoms with Crippen molar-refractivity contribution in [3.8, 4) is 0 Å². The molecule has 0 radical (unpaired) electrons. The lowest BCUT2D eigenvalue weighted by Gasteiger charge is -2.15. The van der Waals surface area contributed by atoms with Crippen LogP contribution in [0.2, 0.25) is 0 Å². The van der Waals surface area contributed by atoms with Crippen LogP contribution >= 0.6 is 0 Å². The summed E-state index contributed by atoms with van der Waals surface area (Å²) in [5, 5.41) is 8.72. The van der Waals surface area contributed by atoms with Crippen LogP contribution in [-0.4, -0.2) is 17.6 Å². The summed E-state index contributed by atoms with van der Waals surface area (Å²) in [4.78, 5) is 0. The molecule has 0 aliphatic heterocycles. The fourth-order valence-corrected chi connectivity index (χ4v) is 1.62. The number of rotatable bonds is 2. The van der Waals surface area contributed by atoms with Crippen LogP contribution in [0.1, 0.15) is 26.2 Å². The minimum atomic E-state index is -2.46. The van der Waals surface area contributed by atoms with Crippen molar-refractivity contribution < 1.29 is 13.9 Å². The second-order valence-corrected chi connectivity index (χ2v) is 3.52. The quantitative estimate of drug-likeness (QED) is 0.662. The van der Waals surface area contributed by atoms with Crippen LogP contribution < -0.4 is 0 Å². The van der Waals surface area contributed by atoms with E-state index in [1.807, 2.05) is 6.92 Å². The van der Waals surface area contributed by atoms with E-state index in [0.29, 0.717) is 6.42 Å². The highest BCUT2D eigenvalue weighted by molar-refractivity contribution is 4.83. The van der Waals surface area contributed by atoms with Crippen molar-refractivity contribution >= 4 is 0 Å². The van der Waals surface area contributed by atoms with E-state index in [4.69, 9.17) is 5.11 Å². The second-order valence-electron chi connectivity index (χ2n) is 3.52. The lowest BCUT2D eigenvalue weighted by molar-refractivity contribution is 0.00111. The fraction of sp³-hybridized carbons (Fsp3) is 1.00. The Labute approximate surface area is 65.4 Å². The van der Waals surface area contributed by atoms with Crippen molar-refractivity contribution in [1.29, 1.82) is 0 Å². The zero-order chi connectivity index (χ0) is 8.48. The summed E-state index contributed by atoms with van der Waals surface area (Å²) in [6, 6.07) is 0. The zero-order valence-corrected chi connectivity index (χ0v) is 6.69. The molecule has 1 unspecified atom stereocenters. The van der Waals surface area contributed by atoms with Gasteiger partial charge in [0.2, 0.25) is 5.92 Å². The molecule has 0 saturated heterocycles. The predicted molar refractivity (Wildman–Crippen MR) is 38.5 cm³/mol. The molecule has 3 heteroatoms. The van der Waals surface area contributed by atoms with E-state index in [0.717, 1.165) is 0 Å². The van der Waals surface area contributed by atoms with Gasteiger partial charge in [-0.15, -0.1) is 0 Å². The van der Waals surface area contributed by atoms with Gasteiger partial charge in [-0.2, -0.15) is 0 Å². The van der Waals surface area contributed by atoms with Crippen molar-refractivity contribution in [2.24, 2.45) is 11.8 Å². The van der Waals surface area contributed by atoms with Crippen LogP contribution in [0.25, 0.3) is 0 Å². The van der Waals surface area contributed by atoms with Crippen molar-refractivity contribution in [2.45, 2.75) is 32.1 Å². The summed E-state index contributed by atoms with van der Waals surface area (Å²) < 4.78 is 25.2. The summed E-state index contributed by atoms with van der Waals surface area (Å²) in [6.45, 7) is 1.85. The molecule has 1 fully saturated rings. The van der Waals surface area contributed by atoms with E-state index in [1.165, 1.54) is 0 Å². The van der Waals surface area contributed by atoms with Crippen molar-refractivity contribution in [3.05, 3.63) is 0 Å². The van der Waals surface area contributed by atoms with Gasteiger partial charge in [0.15, 0.2) is 0 Å². The van der Waals surface area contributed by atoms with Gasteiger partial charge in [0, 0.05) is 19.4 Å². The lowest BCUT2D eigenvalue weighted by Crippen LogP contribution is -2.15. The van der Waals surface area contributed by atoms with Gasteiger partial charge in [0.05, 0.1) is 0 Å². The van der Waals surface area contributed by atoms with Crippen LogP contribution in [0, 0.1) is 11.8 Å². The Kier molecular flexibility index (Phi) is 2.47. The monoisotopic (exact) mass is 164 g/mol. The third kappa shape index (κ3) is 2.12. The maximum Gasteiger partial charge on any atom is 0.248 e. The molecule has 1 aliphatic rings. The van der Waals surface area contributed by atoms with Gasteiger partial charge in [0.1, 0.15) is 0 Å². The van der Waals surface area contributed by atoms with E-state index in [-0.39, 0.29) is 31.3 Å². The Morgan fingerprint density at radius 1 is 1.64 bits per heavy atom. The lowest BCUT2D eigenvalue weighted by atomic mass is 9.93. The first kappa shape index (κ1) is 8.91. The third-order valence-corrected chi connectivity index (χ3v) is 2.53. The molecule has 0 aromatic rings. The molecule has 0 aromatic heterocycles. The Hall–Kier alpha value is -0.180. The van der Waals surface area contributed by atoms with E-state index >= 15 is 0 Å². The van der Waals surface area contributed by atoms with Gasteiger partial charge in [-0.1, -0.05) is 6.92 Å². The standard InChI is InChI=1S/C8H14F2O/c1-6(5-11)7-2-3-8(9,10)4-7/h6-7,11H,2-5H2,1H3/t6-,7?/m0/s1. The smallest absolute Gasteiger partial charge is 0.248 e. The van der Waals surface area contributed by atoms with Crippen molar-refractivity contribution in [1.82, 2.24) is 0 Å². The Balaban J connectivity index is 2.41. The predicted octanol–water partition coefficient (Wildman–Crippen LogP) is 2.05. The van der Waals surface area contributed by atoms with Crippen LogP contribution in [0.15, 0.2) is 0 Å². The molecular formula is C8H14F2O. The Bertz CT molecular complexity index is 136. The van der Waals surface area contributed by atoms with Crippen molar-refractivity contribution in [3.63, 3.8) is 0 Å². The van der Waals surface area contributed by atoms with E-state index in [2.05, 4.69) is 0 Å². The molecule has 0 heterocycles. The maximum absolute atomic E-state index is 12.6. The normalized spacial score (nSPS) is 32.2. The number of alkyl halides is 2. The molecule has 0 bridgehead atoms. The van der Waals surface area contributed by atoms with Crippen LogP contribution in [0.3, 0.4) is 0 Å². The zero-order valence-electron chi connectivity index (χ0n) is 6.69. The highest BCUT2D eigenvalue weighted by Crippen LogP contribution is 2.41. The molecule has 0 spiro atoms. The fourth-order valence-electron chi connectivity index (χ4n) is 1.62. The van der Waals surface area contributed by atoms with E-state index in [1.54, 1.807) is 0 Å². The molecule has 2 atom stereocenters. The summed E-state index contributed by atoms with van der Waals surface area (Å²) in [7, 11) is 0. The molecular weight excluding hydrogens is 150 g/mol. The number of halogens is 2. The van der Waals surface area contributed by atoms with Crippen LogP contribution in [-0.2, 0) is 0 Å². The molecule has 1 rings (SSSR count). The van der Waals surface area contributed by atoms with Gasteiger partial charge in [-0.25, -0.2) is 8.78 Å².